The largest absolute Gasteiger partial charge is 0.454 e. The van der Waals surface area contributed by atoms with Crippen LogP contribution in [0.1, 0.15) is 15.9 Å². The number of hydrogen-bond donors (Lipinski definition) is 1. The molecule has 5 rings (SSSR count). The standard InChI is InChI=1S/C23H20N4O3/c1-15-4-6-16(7-5-15)21-26-18-3-2-10-24-22(18)27(21)12-11-25-23(28)17-8-9-19-20(13-17)30-14-29-19/h2-10,13H,11-12,14H2,1H3,(H,25,28). The van der Waals surface area contributed by atoms with Gasteiger partial charge in [0.15, 0.2) is 17.1 Å². The Bertz CT molecular complexity index is 1230. The number of aryl methyl sites for hydroxylation is 1. The first kappa shape index (κ1) is 18.2. The van der Waals surface area contributed by atoms with Crippen molar-refractivity contribution in [3.05, 3.63) is 71.9 Å². The summed E-state index contributed by atoms with van der Waals surface area (Å²) in [7, 11) is 0. The van der Waals surface area contributed by atoms with Gasteiger partial charge >= 0.3 is 0 Å². The van der Waals surface area contributed by atoms with Gasteiger partial charge in [-0.25, -0.2) is 9.97 Å². The topological polar surface area (TPSA) is 78.3 Å². The number of nitrogens with one attached hydrogen (secondary N) is 1. The molecule has 7 heteroatoms. The Morgan fingerprint density at radius 1 is 1.10 bits per heavy atom. The zero-order chi connectivity index (χ0) is 20.5. The highest BCUT2D eigenvalue weighted by Gasteiger charge is 2.17. The average molecular weight is 400 g/mol. The summed E-state index contributed by atoms with van der Waals surface area (Å²) in [4.78, 5) is 21.8. The summed E-state index contributed by atoms with van der Waals surface area (Å²) >= 11 is 0. The molecule has 150 valence electrons. The number of fused-ring (bicyclic) bond motifs is 2. The van der Waals surface area contributed by atoms with E-state index in [1.807, 2.05) is 16.7 Å². The average Bonchev–Trinajstić information content (AvgIpc) is 3.38. The van der Waals surface area contributed by atoms with Crippen LogP contribution < -0.4 is 14.8 Å². The molecule has 0 aliphatic carbocycles. The molecular weight excluding hydrogens is 380 g/mol. The van der Waals surface area contributed by atoms with Gasteiger partial charge in [0.05, 0.1) is 0 Å². The summed E-state index contributed by atoms with van der Waals surface area (Å²) in [5.74, 6) is 1.92. The SMILES string of the molecule is Cc1ccc(-c2nc3cccnc3n2CCNC(=O)c2ccc3c(c2)OCO3)cc1. The molecule has 0 unspecified atom stereocenters. The number of nitrogens with zero attached hydrogens (tertiary/aromatic N) is 3. The summed E-state index contributed by atoms with van der Waals surface area (Å²) in [5, 5.41) is 2.97. The van der Waals surface area contributed by atoms with Gasteiger partial charge in [-0.15, -0.1) is 0 Å². The van der Waals surface area contributed by atoms with E-state index in [0.717, 1.165) is 22.6 Å². The zero-order valence-corrected chi connectivity index (χ0v) is 16.5. The molecule has 0 bridgehead atoms. The van der Waals surface area contributed by atoms with Gasteiger partial charge in [0.25, 0.3) is 5.91 Å². The van der Waals surface area contributed by atoms with Crippen LogP contribution in [0.5, 0.6) is 11.5 Å². The van der Waals surface area contributed by atoms with E-state index >= 15 is 0 Å². The third-order valence-electron chi connectivity index (χ3n) is 5.07. The van der Waals surface area contributed by atoms with Crippen molar-refractivity contribution in [2.75, 3.05) is 13.3 Å². The molecule has 0 saturated heterocycles. The van der Waals surface area contributed by atoms with E-state index in [2.05, 4.69) is 41.5 Å². The predicted octanol–water partition coefficient (Wildman–Crippen LogP) is 3.57. The molecule has 2 aromatic carbocycles. The van der Waals surface area contributed by atoms with Crippen LogP contribution in [-0.2, 0) is 6.54 Å². The smallest absolute Gasteiger partial charge is 0.251 e. The number of rotatable bonds is 5. The fourth-order valence-electron chi connectivity index (χ4n) is 3.51. The van der Waals surface area contributed by atoms with Crippen molar-refractivity contribution in [1.29, 1.82) is 0 Å². The van der Waals surface area contributed by atoms with Gasteiger partial charge in [-0.3, -0.25) is 4.79 Å². The summed E-state index contributed by atoms with van der Waals surface area (Å²) in [5.41, 5.74) is 4.36. The molecule has 0 spiro atoms. The number of amides is 1. The van der Waals surface area contributed by atoms with Crippen molar-refractivity contribution >= 4 is 17.1 Å². The minimum absolute atomic E-state index is 0.164. The summed E-state index contributed by atoms with van der Waals surface area (Å²) in [6.07, 6.45) is 1.75. The van der Waals surface area contributed by atoms with Gasteiger partial charge in [0, 0.05) is 30.4 Å². The first-order valence-electron chi connectivity index (χ1n) is 9.75. The van der Waals surface area contributed by atoms with Crippen molar-refractivity contribution in [3.63, 3.8) is 0 Å². The van der Waals surface area contributed by atoms with E-state index in [-0.39, 0.29) is 12.7 Å². The maximum absolute atomic E-state index is 12.6. The van der Waals surface area contributed by atoms with Crippen LogP contribution in [0.25, 0.3) is 22.6 Å². The minimum atomic E-state index is -0.164. The zero-order valence-electron chi connectivity index (χ0n) is 16.5. The lowest BCUT2D eigenvalue weighted by Gasteiger charge is -2.10. The van der Waals surface area contributed by atoms with Crippen molar-refractivity contribution in [2.24, 2.45) is 0 Å². The fraction of sp³-hybridized carbons (Fsp3) is 0.174. The van der Waals surface area contributed by atoms with Crippen LogP contribution in [0.3, 0.4) is 0 Å². The summed E-state index contributed by atoms with van der Waals surface area (Å²) < 4.78 is 12.7. The molecule has 0 atom stereocenters. The number of carbonyl (C=O) groups is 1. The van der Waals surface area contributed by atoms with Crippen molar-refractivity contribution < 1.29 is 14.3 Å². The molecule has 2 aromatic heterocycles. The van der Waals surface area contributed by atoms with Gasteiger partial charge < -0.3 is 19.4 Å². The molecule has 0 fully saturated rings. The monoisotopic (exact) mass is 400 g/mol. The van der Waals surface area contributed by atoms with Crippen molar-refractivity contribution in [3.8, 4) is 22.9 Å². The molecule has 3 heterocycles. The highest BCUT2D eigenvalue weighted by atomic mass is 16.7. The third-order valence-corrected chi connectivity index (χ3v) is 5.07. The highest BCUT2D eigenvalue weighted by Crippen LogP contribution is 2.32. The number of carbonyl (C=O) groups excluding carboxylic acids is 1. The fourth-order valence-corrected chi connectivity index (χ4v) is 3.51. The minimum Gasteiger partial charge on any atom is -0.454 e. The van der Waals surface area contributed by atoms with E-state index in [9.17, 15) is 4.79 Å². The number of benzene rings is 2. The second-order valence-corrected chi connectivity index (χ2v) is 7.12. The van der Waals surface area contributed by atoms with Crippen molar-refractivity contribution in [1.82, 2.24) is 19.9 Å². The van der Waals surface area contributed by atoms with E-state index in [0.29, 0.717) is 30.2 Å². The van der Waals surface area contributed by atoms with Gasteiger partial charge in [0.1, 0.15) is 11.3 Å². The molecule has 0 saturated carbocycles. The Hall–Kier alpha value is -3.87. The Balaban J connectivity index is 1.36. The molecule has 30 heavy (non-hydrogen) atoms. The van der Waals surface area contributed by atoms with Gasteiger partial charge in [-0.1, -0.05) is 29.8 Å². The summed E-state index contributed by atoms with van der Waals surface area (Å²) in [6, 6.07) is 17.2. The second kappa shape index (κ2) is 7.51. The number of aromatic nitrogens is 3. The molecule has 4 aromatic rings. The van der Waals surface area contributed by atoms with Gasteiger partial charge in [0.2, 0.25) is 6.79 Å². The van der Waals surface area contributed by atoms with Crippen LogP contribution in [-0.4, -0.2) is 33.8 Å². The maximum Gasteiger partial charge on any atom is 0.251 e. The van der Waals surface area contributed by atoms with E-state index in [1.54, 1.807) is 24.4 Å². The molecule has 0 radical (unpaired) electrons. The number of pyridine rings is 1. The van der Waals surface area contributed by atoms with Crippen LogP contribution in [0.4, 0.5) is 0 Å². The molecule has 7 nitrogen and oxygen atoms in total. The molecule has 1 aliphatic heterocycles. The Labute approximate surface area is 173 Å². The number of hydrogen-bond acceptors (Lipinski definition) is 5. The normalized spacial score (nSPS) is 12.3. The van der Waals surface area contributed by atoms with Crippen LogP contribution >= 0.6 is 0 Å². The van der Waals surface area contributed by atoms with Gasteiger partial charge in [-0.05, 0) is 37.3 Å². The maximum atomic E-state index is 12.6. The van der Waals surface area contributed by atoms with E-state index in [4.69, 9.17) is 14.5 Å². The van der Waals surface area contributed by atoms with Gasteiger partial charge in [-0.2, -0.15) is 0 Å². The molecular formula is C23H20N4O3. The molecule has 1 N–H and O–H groups in total. The van der Waals surface area contributed by atoms with Crippen LogP contribution in [0.15, 0.2) is 60.8 Å². The second-order valence-electron chi connectivity index (χ2n) is 7.12. The predicted molar refractivity (Wildman–Crippen MR) is 113 cm³/mol. The third kappa shape index (κ3) is 3.34. The highest BCUT2D eigenvalue weighted by molar-refractivity contribution is 5.94. The van der Waals surface area contributed by atoms with E-state index in [1.165, 1.54) is 5.56 Å². The lowest BCUT2D eigenvalue weighted by atomic mass is 10.1. The quantitative estimate of drug-likeness (QED) is 0.554. The lowest BCUT2D eigenvalue weighted by Crippen LogP contribution is -2.27. The Kier molecular flexibility index (Phi) is 4.55. The summed E-state index contributed by atoms with van der Waals surface area (Å²) in [6.45, 7) is 3.23. The molecule has 1 amide bonds. The van der Waals surface area contributed by atoms with Crippen LogP contribution in [0, 0.1) is 6.92 Å². The van der Waals surface area contributed by atoms with Crippen molar-refractivity contribution in [2.45, 2.75) is 13.5 Å². The molecule has 1 aliphatic rings. The van der Waals surface area contributed by atoms with E-state index < -0.39 is 0 Å². The van der Waals surface area contributed by atoms with Crippen LogP contribution in [0.2, 0.25) is 0 Å². The number of imidazole rings is 1. The first-order valence-corrected chi connectivity index (χ1v) is 9.75. The first-order chi connectivity index (χ1) is 14.7. The Morgan fingerprint density at radius 3 is 2.80 bits per heavy atom. The lowest BCUT2D eigenvalue weighted by molar-refractivity contribution is 0.0952. The Morgan fingerprint density at radius 2 is 1.93 bits per heavy atom. The number of ether oxygens (including phenoxy) is 2.